The smallest absolute Gasteiger partial charge is 0.382 e. The summed E-state index contributed by atoms with van der Waals surface area (Å²) in [6, 6.07) is 0. The number of ether oxygens (including phenoxy) is 1. The number of hydrogen-bond acceptors (Lipinski definition) is 6. The standard InChI is InChI=1S/C11H15F3N4O2S/c12-11(13,14)1-2-16-9(19)7-8(15)17-10(21-7)18-3-5-20-6-4-18/h1-6,15H2,(H,16,19). The quantitative estimate of drug-likeness (QED) is 0.871. The van der Waals surface area contributed by atoms with Crippen molar-refractivity contribution in [1.29, 1.82) is 0 Å². The van der Waals surface area contributed by atoms with Crippen LogP contribution in [0.4, 0.5) is 24.1 Å². The van der Waals surface area contributed by atoms with Gasteiger partial charge in [-0.05, 0) is 0 Å². The molecule has 6 nitrogen and oxygen atoms in total. The third-order valence-electron chi connectivity index (χ3n) is 2.82. The fourth-order valence-corrected chi connectivity index (χ4v) is 2.72. The molecule has 1 aliphatic heterocycles. The first-order chi connectivity index (χ1) is 9.87. The monoisotopic (exact) mass is 324 g/mol. The van der Waals surface area contributed by atoms with Gasteiger partial charge in [0, 0.05) is 19.6 Å². The van der Waals surface area contributed by atoms with Gasteiger partial charge in [0.15, 0.2) is 5.13 Å². The predicted octanol–water partition coefficient (Wildman–Crippen LogP) is 1.24. The van der Waals surface area contributed by atoms with Gasteiger partial charge in [-0.3, -0.25) is 4.79 Å². The fraction of sp³-hybridized carbons (Fsp3) is 0.636. The van der Waals surface area contributed by atoms with Crippen molar-refractivity contribution >= 4 is 28.2 Å². The Labute approximate surface area is 123 Å². The van der Waals surface area contributed by atoms with Crippen molar-refractivity contribution in [2.24, 2.45) is 0 Å². The number of thiazole rings is 1. The summed E-state index contributed by atoms with van der Waals surface area (Å²) in [7, 11) is 0. The Hall–Kier alpha value is -1.55. The van der Waals surface area contributed by atoms with Gasteiger partial charge in [0.1, 0.15) is 10.7 Å². The van der Waals surface area contributed by atoms with Crippen molar-refractivity contribution in [2.75, 3.05) is 43.5 Å². The first-order valence-corrected chi connectivity index (χ1v) is 7.12. The number of nitrogen functional groups attached to an aromatic ring is 1. The summed E-state index contributed by atoms with van der Waals surface area (Å²) in [5.74, 6) is -0.597. The van der Waals surface area contributed by atoms with Gasteiger partial charge in [0.2, 0.25) is 0 Å². The molecule has 0 radical (unpaired) electrons. The third-order valence-corrected chi connectivity index (χ3v) is 3.95. The highest BCUT2D eigenvalue weighted by Crippen LogP contribution is 2.28. The highest BCUT2D eigenvalue weighted by atomic mass is 32.1. The maximum Gasteiger partial charge on any atom is 0.390 e. The molecule has 0 atom stereocenters. The molecule has 0 spiro atoms. The summed E-state index contributed by atoms with van der Waals surface area (Å²) in [5, 5.41) is 2.78. The van der Waals surface area contributed by atoms with E-state index in [1.54, 1.807) is 0 Å². The lowest BCUT2D eigenvalue weighted by molar-refractivity contribution is -0.132. The van der Waals surface area contributed by atoms with Gasteiger partial charge in [-0.25, -0.2) is 4.98 Å². The Balaban J connectivity index is 1.96. The number of nitrogens with zero attached hydrogens (tertiary/aromatic N) is 2. The van der Waals surface area contributed by atoms with Crippen LogP contribution < -0.4 is 16.0 Å². The van der Waals surface area contributed by atoms with Gasteiger partial charge < -0.3 is 20.7 Å². The number of nitrogens with one attached hydrogen (secondary N) is 1. The van der Waals surface area contributed by atoms with E-state index in [0.29, 0.717) is 31.4 Å². The molecule has 1 aromatic rings. The topological polar surface area (TPSA) is 80.5 Å². The van der Waals surface area contributed by atoms with Crippen LogP contribution in [0.25, 0.3) is 0 Å². The van der Waals surface area contributed by atoms with Crippen LogP contribution in [0.2, 0.25) is 0 Å². The molecular formula is C11H15F3N4O2S. The molecule has 1 amide bonds. The van der Waals surface area contributed by atoms with Crippen LogP contribution in [0.5, 0.6) is 0 Å². The number of anilines is 2. The molecule has 2 rings (SSSR count). The van der Waals surface area contributed by atoms with Crippen molar-refractivity contribution < 1.29 is 22.7 Å². The second-order valence-corrected chi connectivity index (χ2v) is 5.41. The van der Waals surface area contributed by atoms with E-state index in [1.165, 1.54) is 0 Å². The number of halogens is 3. The largest absolute Gasteiger partial charge is 0.390 e. The van der Waals surface area contributed by atoms with Crippen LogP contribution in [0.3, 0.4) is 0 Å². The molecule has 118 valence electrons. The normalized spacial score (nSPS) is 16.0. The molecule has 3 N–H and O–H groups in total. The van der Waals surface area contributed by atoms with Crippen LogP contribution in [0.15, 0.2) is 0 Å². The molecule has 2 heterocycles. The van der Waals surface area contributed by atoms with E-state index in [2.05, 4.69) is 10.3 Å². The Morgan fingerprint density at radius 1 is 1.43 bits per heavy atom. The predicted molar refractivity (Wildman–Crippen MR) is 72.6 cm³/mol. The van der Waals surface area contributed by atoms with Gasteiger partial charge in [-0.2, -0.15) is 13.2 Å². The van der Waals surface area contributed by atoms with E-state index in [0.717, 1.165) is 11.3 Å². The number of amides is 1. The lowest BCUT2D eigenvalue weighted by atomic mass is 10.4. The van der Waals surface area contributed by atoms with E-state index in [9.17, 15) is 18.0 Å². The first-order valence-electron chi connectivity index (χ1n) is 6.31. The van der Waals surface area contributed by atoms with E-state index >= 15 is 0 Å². The van der Waals surface area contributed by atoms with Crippen LogP contribution in [-0.2, 0) is 4.74 Å². The lowest BCUT2D eigenvalue weighted by Gasteiger charge is -2.25. The highest BCUT2D eigenvalue weighted by Gasteiger charge is 2.27. The molecule has 0 aliphatic carbocycles. The number of morpholine rings is 1. The summed E-state index contributed by atoms with van der Waals surface area (Å²) >= 11 is 1.07. The van der Waals surface area contributed by atoms with Gasteiger partial charge in [-0.1, -0.05) is 11.3 Å². The number of rotatable bonds is 4. The second kappa shape index (κ2) is 6.48. The zero-order valence-electron chi connectivity index (χ0n) is 11.1. The summed E-state index contributed by atoms with van der Waals surface area (Å²) < 4.78 is 41.3. The minimum absolute atomic E-state index is 0.0333. The molecule has 1 fully saturated rings. The molecule has 1 aromatic heterocycles. The molecule has 1 aliphatic rings. The second-order valence-electron chi connectivity index (χ2n) is 4.43. The highest BCUT2D eigenvalue weighted by molar-refractivity contribution is 7.18. The molecule has 0 unspecified atom stereocenters. The van der Waals surface area contributed by atoms with Gasteiger partial charge >= 0.3 is 6.18 Å². The number of carbonyl (C=O) groups is 1. The van der Waals surface area contributed by atoms with Gasteiger partial charge in [0.25, 0.3) is 5.91 Å². The number of alkyl halides is 3. The summed E-state index contributed by atoms with van der Waals surface area (Å²) in [6.07, 6.45) is -5.38. The first kappa shape index (κ1) is 15.8. The van der Waals surface area contributed by atoms with Crippen molar-refractivity contribution in [3.05, 3.63) is 4.88 Å². The summed E-state index contributed by atoms with van der Waals surface area (Å²) in [5.41, 5.74) is 5.66. The van der Waals surface area contributed by atoms with Crippen molar-refractivity contribution in [3.8, 4) is 0 Å². The van der Waals surface area contributed by atoms with E-state index in [4.69, 9.17) is 10.5 Å². The SMILES string of the molecule is Nc1nc(N2CCOCC2)sc1C(=O)NCCC(F)(F)F. The summed E-state index contributed by atoms with van der Waals surface area (Å²) in [6.45, 7) is 1.93. The van der Waals surface area contributed by atoms with Gasteiger partial charge in [0.05, 0.1) is 19.6 Å². The Bertz CT molecular complexity index is 500. The average Bonchev–Trinajstić information content (AvgIpc) is 2.80. The summed E-state index contributed by atoms with van der Waals surface area (Å²) in [4.78, 5) is 18.0. The van der Waals surface area contributed by atoms with E-state index in [1.807, 2.05) is 4.90 Å². The fourth-order valence-electron chi connectivity index (χ4n) is 1.77. The Morgan fingerprint density at radius 3 is 2.71 bits per heavy atom. The van der Waals surface area contributed by atoms with E-state index in [-0.39, 0.29) is 10.7 Å². The zero-order chi connectivity index (χ0) is 15.5. The minimum Gasteiger partial charge on any atom is -0.382 e. The van der Waals surface area contributed by atoms with Crippen molar-refractivity contribution in [2.45, 2.75) is 12.6 Å². The maximum atomic E-state index is 12.0. The van der Waals surface area contributed by atoms with Gasteiger partial charge in [-0.15, -0.1) is 0 Å². The van der Waals surface area contributed by atoms with E-state index < -0.39 is 25.0 Å². The number of aromatic nitrogens is 1. The zero-order valence-corrected chi connectivity index (χ0v) is 11.9. The molecule has 0 aromatic carbocycles. The average molecular weight is 324 g/mol. The van der Waals surface area contributed by atoms with Crippen LogP contribution in [0, 0.1) is 0 Å². The molecule has 0 bridgehead atoms. The molecule has 21 heavy (non-hydrogen) atoms. The number of hydrogen-bond donors (Lipinski definition) is 2. The van der Waals surface area contributed by atoms with Crippen molar-refractivity contribution in [3.63, 3.8) is 0 Å². The Morgan fingerprint density at radius 2 is 2.10 bits per heavy atom. The van der Waals surface area contributed by atoms with Crippen LogP contribution in [-0.4, -0.2) is 49.9 Å². The Kier molecular flexibility index (Phi) is 4.88. The third kappa shape index (κ3) is 4.46. The number of carbonyl (C=O) groups excluding carboxylic acids is 1. The molecule has 10 heteroatoms. The van der Waals surface area contributed by atoms with Crippen LogP contribution >= 0.6 is 11.3 Å². The molecule has 0 saturated carbocycles. The molecule has 1 saturated heterocycles. The lowest BCUT2D eigenvalue weighted by Crippen LogP contribution is -2.36. The molecular weight excluding hydrogens is 309 g/mol. The van der Waals surface area contributed by atoms with Crippen LogP contribution in [0.1, 0.15) is 16.1 Å². The minimum atomic E-state index is -4.30. The van der Waals surface area contributed by atoms with Crippen molar-refractivity contribution in [1.82, 2.24) is 10.3 Å². The maximum absolute atomic E-state index is 12.0. The number of nitrogens with two attached hydrogens (primary N) is 1.